The zero-order valence-corrected chi connectivity index (χ0v) is 18.4. The van der Waals surface area contributed by atoms with E-state index >= 15 is 0 Å². The average molecular weight is 481 g/mol. The van der Waals surface area contributed by atoms with Crippen molar-refractivity contribution >= 4 is 47.1 Å². The molecular formula is C19H18Cl2N6O5. The molecule has 0 radical (unpaired) electrons. The third-order valence-corrected chi connectivity index (χ3v) is 5.16. The average Bonchev–Trinajstić information content (AvgIpc) is 3.06. The Morgan fingerprint density at radius 2 is 1.72 bits per heavy atom. The molecule has 0 aromatic carbocycles. The minimum Gasteiger partial charge on any atom is -0.430 e. The van der Waals surface area contributed by atoms with E-state index in [2.05, 4.69) is 15.0 Å². The van der Waals surface area contributed by atoms with E-state index in [-0.39, 0.29) is 43.4 Å². The van der Waals surface area contributed by atoms with Crippen LogP contribution in [-0.2, 0) is 9.47 Å². The molecule has 0 N–H and O–H groups in total. The smallest absolute Gasteiger partial charge is 0.412 e. The van der Waals surface area contributed by atoms with Crippen molar-refractivity contribution in [3.05, 3.63) is 47.1 Å². The fourth-order valence-corrected chi connectivity index (χ4v) is 3.52. The van der Waals surface area contributed by atoms with Crippen LogP contribution in [0.5, 0.6) is 0 Å². The number of rotatable bonds is 3. The zero-order chi connectivity index (χ0) is 22.8. The normalized spacial score (nSPS) is 18.9. The molecule has 1 fully saturated rings. The lowest BCUT2D eigenvalue weighted by Gasteiger charge is -2.34. The Morgan fingerprint density at radius 3 is 2.34 bits per heavy atom. The summed E-state index contributed by atoms with van der Waals surface area (Å²) in [6.07, 6.45) is 1.81. The Bertz CT molecular complexity index is 1030. The Balaban J connectivity index is 1.49. The zero-order valence-electron chi connectivity index (χ0n) is 16.9. The van der Waals surface area contributed by atoms with Crippen molar-refractivity contribution in [2.45, 2.75) is 18.7 Å². The number of carbonyl (C=O) groups is 3. The van der Waals surface area contributed by atoms with Crippen LogP contribution in [0.2, 0.25) is 5.02 Å². The van der Waals surface area contributed by atoms with E-state index in [4.69, 9.17) is 32.7 Å². The minimum atomic E-state index is -1.15. The summed E-state index contributed by atoms with van der Waals surface area (Å²) in [6.45, 7) is 2.48. The van der Waals surface area contributed by atoms with Crippen LogP contribution >= 0.6 is 23.2 Å². The van der Waals surface area contributed by atoms with Crippen LogP contribution in [0.1, 0.15) is 29.3 Å². The first kappa shape index (κ1) is 22.0. The minimum absolute atomic E-state index is 0.0739. The van der Waals surface area contributed by atoms with Crippen LogP contribution in [0.3, 0.4) is 0 Å². The van der Waals surface area contributed by atoms with Gasteiger partial charge in [-0.3, -0.25) is 9.78 Å². The number of pyridine rings is 1. The molecule has 2 aromatic heterocycles. The highest BCUT2D eigenvalue weighted by Crippen LogP contribution is 2.35. The highest BCUT2D eigenvalue weighted by molar-refractivity contribution is 6.30. The maximum Gasteiger partial charge on any atom is 0.412 e. The summed E-state index contributed by atoms with van der Waals surface area (Å²) < 4.78 is 10.6. The highest BCUT2D eigenvalue weighted by atomic mass is 35.5. The molecule has 32 heavy (non-hydrogen) atoms. The number of aromatic nitrogens is 3. The second-order valence-electron chi connectivity index (χ2n) is 6.94. The van der Waals surface area contributed by atoms with Gasteiger partial charge in [0.05, 0.1) is 5.02 Å². The van der Waals surface area contributed by atoms with Crippen LogP contribution in [-0.4, -0.2) is 74.6 Å². The Labute approximate surface area is 192 Å². The summed E-state index contributed by atoms with van der Waals surface area (Å²) in [5.74, 6) is -0.261. The molecule has 3 amide bonds. The van der Waals surface area contributed by atoms with Crippen molar-refractivity contribution in [2.75, 3.05) is 31.1 Å². The van der Waals surface area contributed by atoms with Crippen molar-refractivity contribution in [3.8, 4) is 0 Å². The van der Waals surface area contributed by atoms with Gasteiger partial charge in [-0.2, -0.15) is 0 Å². The number of amides is 3. The highest BCUT2D eigenvalue weighted by Gasteiger charge is 2.44. The number of hydrogen-bond donors (Lipinski definition) is 0. The number of halogens is 2. The third-order valence-electron chi connectivity index (χ3n) is 4.85. The number of anilines is 1. The Kier molecular flexibility index (Phi) is 6.28. The molecule has 0 spiro atoms. The van der Waals surface area contributed by atoms with E-state index in [1.165, 1.54) is 46.3 Å². The summed E-state index contributed by atoms with van der Waals surface area (Å²) in [5, 5.41) is 0.391. The number of nitrogens with zero attached hydrogens (tertiary/aromatic N) is 6. The quantitative estimate of drug-likeness (QED) is 0.615. The number of hydrogen-bond acceptors (Lipinski definition) is 8. The standard InChI is InChI=1S/C19H18Cl2N6O5/c1-11(20)31-18(29)25-6-8-26(9-7-25)19(30)32-17-15-14(22-4-5-23-15)16(28)27(17)13-3-2-12(21)10-24-13/h2-5,10-11,17H,6-9H2,1H3/t11?,17-/m0/s1. The van der Waals surface area contributed by atoms with Gasteiger partial charge in [-0.25, -0.2) is 24.5 Å². The topological polar surface area (TPSA) is 118 Å². The first-order chi connectivity index (χ1) is 15.3. The number of ether oxygens (including phenoxy) is 2. The van der Waals surface area contributed by atoms with Crippen molar-refractivity contribution in [1.82, 2.24) is 24.8 Å². The molecule has 13 heteroatoms. The molecule has 2 aliphatic rings. The predicted molar refractivity (Wildman–Crippen MR) is 112 cm³/mol. The molecular weight excluding hydrogens is 463 g/mol. The van der Waals surface area contributed by atoms with Crippen molar-refractivity contribution in [1.29, 1.82) is 0 Å². The van der Waals surface area contributed by atoms with Gasteiger partial charge < -0.3 is 19.3 Å². The molecule has 0 aliphatic carbocycles. The summed E-state index contributed by atoms with van der Waals surface area (Å²) >= 11 is 11.6. The van der Waals surface area contributed by atoms with E-state index in [9.17, 15) is 14.4 Å². The maximum atomic E-state index is 12.9. The molecule has 2 aromatic rings. The van der Waals surface area contributed by atoms with Crippen LogP contribution in [0.4, 0.5) is 15.4 Å². The van der Waals surface area contributed by atoms with Gasteiger partial charge in [0, 0.05) is 44.8 Å². The van der Waals surface area contributed by atoms with Gasteiger partial charge in [-0.15, -0.1) is 0 Å². The van der Waals surface area contributed by atoms with Gasteiger partial charge in [0.25, 0.3) is 5.91 Å². The molecule has 0 saturated carbocycles. The summed E-state index contributed by atoms with van der Waals surface area (Å²) in [7, 11) is 0. The monoisotopic (exact) mass is 480 g/mol. The molecule has 168 valence electrons. The molecule has 2 aliphatic heterocycles. The summed E-state index contributed by atoms with van der Waals surface area (Å²) in [6, 6.07) is 3.11. The van der Waals surface area contributed by atoms with E-state index in [0.29, 0.717) is 5.02 Å². The first-order valence-electron chi connectivity index (χ1n) is 9.66. The van der Waals surface area contributed by atoms with E-state index < -0.39 is 29.9 Å². The van der Waals surface area contributed by atoms with Gasteiger partial charge in [-0.05, 0) is 19.1 Å². The van der Waals surface area contributed by atoms with E-state index in [0.717, 1.165) is 0 Å². The van der Waals surface area contributed by atoms with Crippen LogP contribution in [0.25, 0.3) is 0 Å². The number of fused-ring (bicyclic) bond motifs is 1. The van der Waals surface area contributed by atoms with Gasteiger partial charge in [-0.1, -0.05) is 23.2 Å². The Hall–Kier alpha value is -3.18. The van der Waals surface area contributed by atoms with Crippen molar-refractivity contribution in [3.63, 3.8) is 0 Å². The molecule has 4 heterocycles. The summed E-state index contributed by atoms with van der Waals surface area (Å²) in [4.78, 5) is 54.3. The lowest BCUT2D eigenvalue weighted by atomic mass is 10.3. The fourth-order valence-electron chi connectivity index (χ4n) is 3.34. The third kappa shape index (κ3) is 4.39. The maximum absolute atomic E-state index is 12.9. The molecule has 1 saturated heterocycles. The number of alkyl halides is 1. The van der Waals surface area contributed by atoms with Gasteiger partial charge >= 0.3 is 12.2 Å². The number of piperazine rings is 1. The van der Waals surface area contributed by atoms with Crippen LogP contribution < -0.4 is 4.90 Å². The van der Waals surface area contributed by atoms with Crippen molar-refractivity contribution in [2.24, 2.45) is 0 Å². The SMILES string of the molecule is CC(Cl)OC(=O)N1CCN(C(=O)O[C@H]2c3nccnc3C(=O)N2c2ccc(Cl)cn2)CC1. The molecule has 2 atom stereocenters. The van der Waals surface area contributed by atoms with Crippen LogP contribution in [0, 0.1) is 0 Å². The lowest BCUT2D eigenvalue weighted by Crippen LogP contribution is -2.51. The molecule has 11 nitrogen and oxygen atoms in total. The van der Waals surface area contributed by atoms with E-state index in [1.807, 2.05) is 0 Å². The fraction of sp³-hybridized carbons (Fsp3) is 0.368. The predicted octanol–water partition coefficient (Wildman–Crippen LogP) is 2.66. The van der Waals surface area contributed by atoms with Crippen LogP contribution in [0.15, 0.2) is 30.7 Å². The molecule has 1 unspecified atom stereocenters. The molecule has 0 bridgehead atoms. The first-order valence-corrected chi connectivity index (χ1v) is 10.5. The Morgan fingerprint density at radius 1 is 1.06 bits per heavy atom. The van der Waals surface area contributed by atoms with Gasteiger partial charge in [0.15, 0.2) is 11.3 Å². The number of carbonyl (C=O) groups excluding carboxylic acids is 3. The second-order valence-corrected chi connectivity index (χ2v) is 7.99. The summed E-state index contributed by atoms with van der Waals surface area (Å²) in [5.41, 5.74) is -0.468. The lowest BCUT2D eigenvalue weighted by molar-refractivity contribution is 0.0383. The molecule has 4 rings (SSSR count). The van der Waals surface area contributed by atoms with E-state index in [1.54, 1.807) is 6.07 Å². The van der Waals surface area contributed by atoms with Gasteiger partial charge in [0.1, 0.15) is 11.5 Å². The largest absolute Gasteiger partial charge is 0.430 e. The van der Waals surface area contributed by atoms with Crippen molar-refractivity contribution < 1.29 is 23.9 Å². The van der Waals surface area contributed by atoms with Gasteiger partial charge in [0.2, 0.25) is 6.23 Å². The second kappa shape index (κ2) is 9.13.